The summed E-state index contributed by atoms with van der Waals surface area (Å²) >= 11 is 1.56. The van der Waals surface area contributed by atoms with Gasteiger partial charge in [0, 0.05) is 21.9 Å². The molecule has 0 aliphatic rings. The molecular formula is C23H21NO5S. The number of methoxy groups -OCH3 is 2. The first-order valence-corrected chi connectivity index (χ1v) is 9.92. The van der Waals surface area contributed by atoms with Crippen molar-refractivity contribution in [1.29, 1.82) is 0 Å². The molecule has 1 aromatic heterocycles. The normalized spacial score (nSPS) is 10.6. The molecule has 30 heavy (non-hydrogen) atoms. The number of nitrogens with one attached hydrogen (secondary N) is 1. The van der Waals surface area contributed by atoms with Crippen molar-refractivity contribution < 1.29 is 23.8 Å². The lowest BCUT2D eigenvalue weighted by atomic mass is 10.2. The molecule has 1 amide bonds. The number of rotatable bonds is 8. The van der Waals surface area contributed by atoms with E-state index in [4.69, 9.17) is 14.2 Å². The fourth-order valence-electron chi connectivity index (χ4n) is 2.63. The second kappa shape index (κ2) is 10.3. The first-order valence-electron chi connectivity index (χ1n) is 9.11. The van der Waals surface area contributed by atoms with E-state index in [1.165, 1.54) is 20.3 Å². The molecule has 0 saturated carbocycles. The van der Waals surface area contributed by atoms with Crippen LogP contribution in [-0.2, 0) is 14.3 Å². The molecule has 7 heteroatoms. The highest BCUT2D eigenvalue weighted by Gasteiger charge is 2.11. The topological polar surface area (TPSA) is 73.9 Å². The lowest BCUT2D eigenvalue weighted by Gasteiger charge is -2.11. The van der Waals surface area contributed by atoms with Crippen LogP contribution in [0.5, 0.6) is 11.5 Å². The maximum Gasteiger partial charge on any atom is 0.331 e. The molecule has 0 aliphatic heterocycles. The molecule has 0 atom stereocenters. The Morgan fingerprint density at radius 1 is 1.00 bits per heavy atom. The molecule has 0 bridgehead atoms. The van der Waals surface area contributed by atoms with Crippen molar-refractivity contribution in [3.05, 3.63) is 71.6 Å². The van der Waals surface area contributed by atoms with E-state index in [2.05, 4.69) is 5.32 Å². The average molecular weight is 423 g/mol. The van der Waals surface area contributed by atoms with E-state index in [0.29, 0.717) is 17.2 Å². The number of thiophene rings is 1. The minimum absolute atomic E-state index is 0.413. The van der Waals surface area contributed by atoms with E-state index in [-0.39, 0.29) is 0 Å². The first kappa shape index (κ1) is 21.1. The van der Waals surface area contributed by atoms with E-state index in [0.717, 1.165) is 15.3 Å². The summed E-state index contributed by atoms with van der Waals surface area (Å²) < 4.78 is 15.4. The summed E-state index contributed by atoms with van der Waals surface area (Å²) in [6, 6.07) is 18.9. The minimum Gasteiger partial charge on any atom is -0.497 e. The van der Waals surface area contributed by atoms with Crippen LogP contribution in [-0.4, -0.2) is 32.7 Å². The van der Waals surface area contributed by atoms with E-state index < -0.39 is 18.5 Å². The summed E-state index contributed by atoms with van der Waals surface area (Å²) in [4.78, 5) is 26.1. The SMILES string of the molecule is COc1ccc(OC)c(NC(=O)COC(=O)/C=C/c2ccc(-c3ccccc3)s2)c1. The van der Waals surface area contributed by atoms with Crippen LogP contribution in [0.15, 0.2) is 66.7 Å². The molecule has 6 nitrogen and oxygen atoms in total. The predicted octanol–water partition coefficient (Wildman–Crippen LogP) is 4.63. The summed E-state index contributed by atoms with van der Waals surface area (Å²) in [6.07, 6.45) is 2.97. The van der Waals surface area contributed by atoms with Crippen LogP contribution in [0.2, 0.25) is 0 Å². The maximum absolute atomic E-state index is 12.1. The Balaban J connectivity index is 1.52. The zero-order chi connectivity index (χ0) is 21.3. The maximum atomic E-state index is 12.1. The summed E-state index contributed by atoms with van der Waals surface area (Å²) in [7, 11) is 3.02. The number of amides is 1. The number of carbonyl (C=O) groups excluding carboxylic acids is 2. The van der Waals surface area contributed by atoms with Gasteiger partial charge in [0.1, 0.15) is 11.5 Å². The summed E-state index contributed by atoms with van der Waals surface area (Å²) in [6.45, 7) is -0.413. The van der Waals surface area contributed by atoms with Gasteiger partial charge < -0.3 is 19.5 Å². The van der Waals surface area contributed by atoms with Crippen LogP contribution in [0.25, 0.3) is 16.5 Å². The van der Waals surface area contributed by atoms with Crippen molar-refractivity contribution >= 4 is 35.0 Å². The lowest BCUT2D eigenvalue weighted by Crippen LogP contribution is -2.20. The number of anilines is 1. The molecule has 0 aliphatic carbocycles. The van der Waals surface area contributed by atoms with Crippen LogP contribution in [0.1, 0.15) is 4.88 Å². The first-order chi connectivity index (χ1) is 14.6. The van der Waals surface area contributed by atoms with E-state index >= 15 is 0 Å². The fraction of sp³-hybridized carbons (Fsp3) is 0.130. The molecule has 1 heterocycles. The number of carbonyl (C=O) groups is 2. The van der Waals surface area contributed by atoms with Crippen LogP contribution in [0, 0.1) is 0 Å². The Labute approximate surface area is 178 Å². The Morgan fingerprint density at radius 2 is 1.80 bits per heavy atom. The Kier molecular flexibility index (Phi) is 7.24. The van der Waals surface area contributed by atoms with Gasteiger partial charge in [0.25, 0.3) is 5.91 Å². The van der Waals surface area contributed by atoms with Crippen LogP contribution < -0.4 is 14.8 Å². The Morgan fingerprint density at radius 3 is 2.53 bits per heavy atom. The standard InChI is InChI=1S/C23H21NO5S/c1-27-17-8-11-20(28-2)19(14-17)24-22(25)15-29-23(26)13-10-18-9-12-21(30-18)16-6-4-3-5-7-16/h3-14H,15H2,1-2H3,(H,24,25)/b13-10+. The fourth-order valence-corrected chi connectivity index (χ4v) is 3.55. The van der Waals surface area contributed by atoms with Crippen LogP contribution >= 0.6 is 11.3 Å². The molecule has 0 fully saturated rings. The average Bonchev–Trinajstić information content (AvgIpc) is 3.26. The van der Waals surface area contributed by atoms with E-state index in [9.17, 15) is 9.59 Å². The highest BCUT2D eigenvalue weighted by molar-refractivity contribution is 7.16. The Hall–Kier alpha value is -3.58. The van der Waals surface area contributed by atoms with Gasteiger partial charge in [-0.2, -0.15) is 0 Å². The van der Waals surface area contributed by atoms with Gasteiger partial charge in [-0.05, 0) is 35.9 Å². The van der Waals surface area contributed by atoms with Crippen LogP contribution in [0.3, 0.4) is 0 Å². The highest BCUT2D eigenvalue weighted by Crippen LogP contribution is 2.29. The van der Waals surface area contributed by atoms with Gasteiger partial charge in [0.15, 0.2) is 6.61 Å². The third kappa shape index (κ3) is 5.71. The number of esters is 1. The van der Waals surface area contributed by atoms with Gasteiger partial charge in [-0.1, -0.05) is 30.3 Å². The molecular weight excluding hydrogens is 402 g/mol. The molecule has 2 aromatic carbocycles. The van der Waals surface area contributed by atoms with Crippen molar-refractivity contribution in [2.75, 3.05) is 26.1 Å². The van der Waals surface area contributed by atoms with Crippen molar-refractivity contribution in [3.63, 3.8) is 0 Å². The number of ether oxygens (including phenoxy) is 3. The summed E-state index contributed by atoms with van der Waals surface area (Å²) in [5.74, 6) is -0.0395. The van der Waals surface area contributed by atoms with E-state index in [1.807, 2.05) is 42.5 Å². The molecule has 3 aromatic rings. The summed E-state index contributed by atoms with van der Waals surface area (Å²) in [5, 5.41) is 2.64. The molecule has 1 N–H and O–H groups in total. The minimum atomic E-state index is -0.600. The summed E-state index contributed by atoms with van der Waals surface area (Å²) in [5.41, 5.74) is 1.55. The van der Waals surface area contributed by atoms with Crippen molar-refractivity contribution in [3.8, 4) is 21.9 Å². The van der Waals surface area contributed by atoms with Crippen molar-refractivity contribution in [2.24, 2.45) is 0 Å². The monoisotopic (exact) mass is 423 g/mol. The third-order valence-corrected chi connectivity index (χ3v) is 5.19. The number of benzene rings is 2. The zero-order valence-electron chi connectivity index (χ0n) is 16.6. The van der Waals surface area contributed by atoms with Gasteiger partial charge in [-0.3, -0.25) is 4.79 Å². The van der Waals surface area contributed by atoms with Crippen molar-refractivity contribution in [2.45, 2.75) is 0 Å². The largest absolute Gasteiger partial charge is 0.497 e. The second-order valence-electron chi connectivity index (χ2n) is 6.12. The predicted molar refractivity (Wildman–Crippen MR) is 118 cm³/mol. The highest BCUT2D eigenvalue weighted by atomic mass is 32.1. The van der Waals surface area contributed by atoms with E-state index in [1.54, 1.807) is 35.6 Å². The van der Waals surface area contributed by atoms with Gasteiger partial charge in [0.2, 0.25) is 0 Å². The van der Waals surface area contributed by atoms with Gasteiger partial charge in [-0.25, -0.2) is 4.79 Å². The third-order valence-electron chi connectivity index (χ3n) is 4.10. The molecule has 0 unspecified atom stereocenters. The molecule has 3 rings (SSSR count). The van der Waals surface area contributed by atoms with Crippen molar-refractivity contribution in [1.82, 2.24) is 0 Å². The molecule has 154 valence electrons. The smallest absolute Gasteiger partial charge is 0.331 e. The quantitative estimate of drug-likeness (QED) is 0.422. The molecule has 0 spiro atoms. The van der Waals surface area contributed by atoms with Crippen LogP contribution in [0.4, 0.5) is 5.69 Å². The zero-order valence-corrected chi connectivity index (χ0v) is 17.4. The molecule has 0 saturated heterocycles. The number of hydrogen-bond donors (Lipinski definition) is 1. The molecule has 0 radical (unpaired) electrons. The van der Waals surface area contributed by atoms with Gasteiger partial charge >= 0.3 is 5.97 Å². The second-order valence-corrected chi connectivity index (χ2v) is 7.24. The van der Waals surface area contributed by atoms with Gasteiger partial charge in [-0.15, -0.1) is 11.3 Å². The van der Waals surface area contributed by atoms with Gasteiger partial charge in [0.05, 0.1) is 19.9 Å². The lowest BCUT2D eigenvalue weighted by molar-refractivity contribution is -0.142. The Bertz CT molecular complexity index is 1040. The number of hydrogen-bond acceptors (Lipinski definition) is 6.